The fourth-order valence-electron chi connectivity index (χ4n) is 1.55. The van der Waals surface area contributed by atoms with Crippen LogP contribution in [0.25, 0.3) is 0 Å². The molecule has 0 spiro atoms. The van der Waals surface area contributed by atoms with Gasteiger partial charge in [0.15, 0.2) is 5.78 Å². The summed E-state index contributed by atoms with van der Waals surface area (Å²) in [6.45, 7) is 5.15. The van der Waals surface area contributed by atoms with Crippen molar-refractivity contribution in [1.82, 2.24) is 0 Å². The van der Waals surface area contributed by atoms with Crippen LogP contribution in [0, 0.1) is 18.6 Å². The van der Waals surface area contributed by atoms with E-state index in [-0.39, 0.29) is 12.0 Å². The van der Waals surface area contributed by atoms with Gasteiger partial charge in [-0.05, 0) is 38.8 Å². The number of ether oxygens (including phenoxy) is 1. The molecule has 0 atom stereocenters. The molecular weight excluding hydrogens is 238 g/mol. The van der Waals surface area contributed by atoms with Crippen molar-refractivity contribution >= 4 is 5.78 Å². The lowest BCUT2D eigenvalue weighted by Crippen LogP contribution is -2.24. The van der Waals surface area contributed by atoms with Crippen molar-refractivity contribution in [3.63, 3.8) is 0 Å². The number of Topliss-reactive ketones (excluding diaryl/α,β-unsaturated/α-hetero) is 1. The number of methoxy groups -OCH3 is 1. The molecule has 0 saturated heterocycles. The van der Waals surface area contributed by atoms with Crippen LogP contribution >= 0.6 is 0 Å². The Morgan fingerprint density at radius 3 is 2.50 bits per heavy atom. The molecule has 1 aromatic carbocycles. The molecule has 0 saturated carbocycles. The lowest BCUT2D eigenvalue weighted by Gasteiger charge is -2.22. The molecule has 100 valence electrons. The first-order valence-electron chi connectivity index (χ1n) is 5.81. The van der Waals surface area contributed by atoms with Crippen LogP contribution in [-0.4, -0.2) is 18.5 Å². The Kier molecular flexibility index (Phi) is 4.57. The van der Waals surface area contributed by atoms with Crippen molar-refractivity contribution in [3.05, 3.63) is 34.9 Å². The van der Waals surface area contributed by atoms with Crippen LogP contribution in [0.4, 0.5) is 8.78 Å². The Morgan fingerprint density at radius 1 is 1.33 bits per heavy atom. The van der Waals surface area contributed by atoms with Gasteiger partial charge in [-0.1, -0.05) is 6.07 Å². The minimum absolute atomic E-state index is 0.0537. The van der Waals surface area contributed by atoms with Gasteiger partial charge in [0, 0.05) is 13.5 Å². The van der Waals surface area contributed by atoms with E-state index in [0.717, 1.165) is 6.07 Å². The van der Waals surface area contributed by atoms with Gasteiger partial charge in [-0.2, -0.15) is 0 Å². The number of rotatable bonds is 5. The van der Waals surface area contributed by atoms with Gasteiger partial charge in [0.2, 0.25) is 0 Å². The van der Waals surface area contributed by atoms with Crippen molar-refractivity contribution in [2.45, 2.75) is 39.2 Å². The maximum Gasteiger partial charge on any atom is 0.168 e. The van der Waals surface area contributed by atoms with Crippen molar-refractivity contribution in [2.24, 2.45) is 0 Å². The Hall–Kier alpha value is -1.29. The molecule has 0 amide bonds. The number of carbonyl (C=O) groups excluding carboxylic acids is 1. The molecular formula is C14H18F2O2. The molecule has 0 aromatic heterocycles. The third kappa shape index (κ3) is 3.35. The minimum atomic E-state index is -0.807. The van der Waals surface area contributed by atoms with E-state index in [0.29, 0.717) is 6.42 Å². The fraction of sp³-hybridized carbons (Fsp3) is 0.500. The number of carbonyl (C=O) groups is 1. The quantitative estimate of drug-likeness (QED) is 0.751. The monoisotopic (exact) mass is 256 g/mol. The third-order valence-corrected chi connectivity index (χ3v) is 3.07. The predicted octanol–water partition coefficient (Wildman–Crippen LogP) is 3.66. The first-order valence-corrected chi connectivity index (χ1v) is 5.81. The SMILES string of the molecule is COC(C)(C)CCC(=O)c1c(F)ccc(C)c1F. The molecule has 0 radical (unpaired) electrons. The lowest BCUT2D eigenvalue weighted by atomic mass is 9.96. The molecule has 1 rings (SSSR count). The third-order valence-electron chi connectivity index (χ3n) is 3.07. The summed E-state index contributed by atoms with van der Waals surface area (Å²) < 4.78 is 32.4. The molecule has 18 heavy (non-hydrogen) atoms. The minimum Gasteiger partial charge on any atom is -0.379 e. The van der Waals surface area contributed by atoms with E-state index in [4.69, 9.17) is 4.74 Å². The Bertz CT molecular complexity index is 453. The van der Waals surface area contributed by atoms with Gasteiger partial charge in [0.1, 0.15) is 11.6 Å². The lowest BCUT2D eigenvalue weighted by molar-refractivity contribution is 0.0141. The highest BCUT2D eigenvalue weighted by Gasteiger charge is 2.23. The summed E-state index contributed by atoms with van der Waals surface area (Å²) in [6.07, 6.45) is 0.466. The van der Waals surface area contributed by atoms with Crippen molar-refractivity contribution < 1.29 is 18.3 Å². The average molecular weight is 256 g/mol. The van der Waals surface area contributed by atoms with Gasteiger partial charge in [-0.25, -0.2) is 8.78 Å². The number of hydrogen-bond acceptors (Lipinski definition) is 2. The molecule has 0 heterocycles. The van der Waals surface area contributed by atoms with Crippen LogP contribution in [0.15, 0.2) is 12.1 Å². The smallest absolute Gasteiger partial charge is 0.168 e. The molecule has 0 aliphatic heterocycles. The highest BCUT2D eigenvalue weighted by molar-refractivity contribution is 5.96. The number of ketones is 1. The zero-order valence-corrected chi connectivity index (χ0v) is 11.1. The second kappa shape index (κ2) is 5.57. The molecule has 0 fully saturated rings. The molecule has 2 nitrogen and oxygen atoms in total. The number of aryl methyl sites for hydroxylation is 1. The van der Waals surface area contributed by atoms with Crippen LogP contribution in [-0.2, 0) is 4.74 Å². The second-order valence-electron chi connectivity index (χ2n) is 4.94. The summed E-state index contributed by atoms with van der Waals surface area (Å²) in [5.74, 6) is -2.10. The van der Waals surface area contributed by atoms with E-state index in [1.807, 2.05) is 13.8 Å². The number of hydrogen-bond donors (Lipinski definition) is 0. The van der Waals surface area contributed by atoms with Crippen molar-refractivity contribution in [2.75, 3.05) is 7.11 Å². The topological polar surface area (TPSA) is 26.3 Å². The van der Waals surface area contributed by atoms with E-state index >= 15 is 0 Å². The van der Waals surface area contributed by atoms with Crippen LogP contribution < -0.4 is 0 Å². The van der Waals surface area contributed by atoms with E-state index in [9.17, 15) is 13.6 Å². The summed E-state index contributed by atoms with van der Waals surface area (Å²) in [6, 6.07) is 2.44. The second-order valence-corrected chi connectivity index (χ2v) is 4.94. The van der Waals surface area contributed by atoms with E-state index in [1.54, 1.807) is 0 Å². The van der Waals surface area contributed by atoms with Crippen molar-refractivity contribution in [1.29, 1.82) is 0 Å². The summed E-state index contributed by atoms with van der Waals surface area (Å²) >= 11 is 0. The number of halogens is 2. The molecule has 0 aliphatic rings. The van der Waals surface area contributed by atoms with Crippen LogP contribution in [0.5, 0.6) is 0 Å². The highest BCUT2D eigenvalue weighted by Crippen LogP contribution is 2.22. The Balaban J connectivity index is 2.89. The maximum absolute atomic E-state index is 13.7. The van der Waals surface area contributed by atoms with Crippen LogP contribution in [0.2, 0.25) is 0 Å². The zero-order valence-electron chi connectivity index (χ0n) is 11.1. The highest BCUT2D eigenvalue weighted by atomic mass is 19.1. The van der Waals surface area contributed by atoms with Gasteiger partial charge in [-0.15, -0.1) is 0 Å². The molecule has 0 aliphatic carbocycles. The van der Waals surface area contributed by atoms with E-state index in [1.165, 1.54) is 20.1 Å². The Morgan fingerprint density at radius 2 is 1.94 bits per heavy atom. The van der Waals surface area contributed by atoms with Gasteiger partial charge >= 0.3 is 0 Å². The molecule has 0 N–H and O–H groups in total. The molecule has 0 bridgehead atoms. The zero-order chi connectivity index (χ0) is 13.9. The number of benzene rings is 1. The molecule has 4 heteroatoms. The van der Waals surface area contributed by atoms with Gasteiger partial charge in [0.05, 0.1) is 11.2 Å². The standard InChI is InChI=1S/C14H18F2O2/c1-9-5-6-10(15)12(13(9)16)11(17)7-8-14(2,3)18-4/h5-6H,7-8H2,1-4H3. The van der Waals surface area contributed by atoms with Gasteiger partial charge in [-0.3, -0.25) is 4.79 Å². The normalized spacial score (nSPS) is 11.7. The first-order chi connectivity index (χ1) is 8.28. The van der Waals surface area contributed by atoms with Crippen LogP contribution in [0.3, 0.4) is 0 Å². The van der Waals surface area contributed by atoms with Crippen molar-refractivity contribution in [3.8, 4) is 0 Å². The van der Waals surface area contributed by atoms with E-state index in [2.05, 4.69) is 0 Å². The fourth-order valence-corrected chi connectivity index (χ4v) is 1.55. The summed E-state index contributed by atoms with van der Waals surface area (Å²) in [7, 11) is 1.54. The first kappa shape index (κ1) is 14.8. The summed E-state index contributed by atoms with van der Waals surface area (Å²) in [5.41, 5.74) is -0.653. The Labute approximate surface area is 106 Å². The van der Waals surface area contributed by atoms with Crippen LogP contribution in [0.1, 0.15) is 42.6 Å². The summed E-state index contributed by atoms with van der Waals surface area (Å²) in [4.78, 5) is 11.9. The van der Waals surface area contributed by atoms with E-state index < -0.39 is 28.6 Å². The average Bonchev–Trinajstić information content (AvgIpc) is 2.32. The predicted molar refractivity (Wildman–Crippen MR) is 65.7 cm³/mol. The summed E-state index contributed by atoms with van der Waals surface area (Å²) in [5, 5.41) is 0. The molecule has 1 aromatic rings. The largest absolute Gasteiger partial charge is 0.379 e. The molecule has 0 unspecified atom stereocenters. The van der Waals surface area contributed by atoms with Gasteiger partial charge < -0.3 is 4.74 Å². The van der Waals surface area contributed by atoms with Gasteiger partial charge in [0.25, 0.3) is 0 Å². The maximum atomic E-state index is 13.7.